The van der Waals surface area contributed by atoms with Gasteiger partial charge in [0.05, 0.1) is 12.2 Å². The number of rotatable bonds is 8. The summed E-state index contributed by atoms with van der Waals surface area (Å²) in [5, 5.41) is 7.06. The van der Waals surface area contributed by atoms with Crippen molar-refractivity contribution in [3.63, 3.8) is 0 Å². The molecule has 0 aromatic rings. The molecule has 0 radical (unpaired) electrons. The molecular weight excluding hydrogens is 302 g/mol. The minimum absolute atomic E-state index is 0.170. The van der Waals surface area contributed by atoms with Crippen molar-refractivity contribution in [2.75, 3.05) is 26.3 Å². The Bertz CT molecular complexity index is 423. The summed E-state index contributed by atoms with van der Waals surface area (Å²) in [6.07, 6.45) is 2.81. The largest absolute Gasteiger partial charge is 0.378 e. The molecule has 2 rings (SSSR count). The highest BCUT2D eigenvalue weighted by Crippen LogP contribution is 2.52. The van der Waals surface area contributed by atoms with E-state index in [0.717, 1.165) is 45.1 Å². The number of hydrogen-bond donors (Lipinski definition) is 2. The van der Waals surface area contributed by atoms with Crippen molar-refractivity contribution in [1.29, 1.82) is 0 Å². The van der Waals surface area contributed by atoms with Gasteiger partial charge in [-0.1, -0.05) is 27.7 Å². The zero-order valence-corrected chi connectivity index (χ0v) is 16.4. The lowest BCUT2D eigenvalue weighted by atomic mass is 9.57. The summed E-state index contributed by atoms with van der Waals surface area (Å²) >= 11 is 0. The quantitative estimate of drug-likeness (QED) is 0.527. The summed E-state index contributed by atoms with van der Waals surface area (Å²) < 4.78 is 11.7. The molecule has 1 aliphatic carbocycles. The summed E-state index contributed by atoms with van der Waals surface area (Å²) in [5.74, 6) is 2.08. The molecule has 5 nitrogen and oxygen atoms in total. The van der Waals surface area contributed by atoms with Crippen LogP contribution in [0.5, 0.6) is 0 Å². The maximum Gasteiger partial charge on any atom is 0.191 e. The summed E-state index contributed by atoms with van der Waals surface area (Å²) in [5.41, 5.74) is 0.170. The molecular formula is C19H37N3O2. The van der Waals surface area contributed by atoms with E-state index in [1.807, 2.05) is 0 Å². The van der Waals surface area contributed by atoms with Crippen LogP contribution in [0.3, 0.4) is 0 Å². The molecule has 0 aromatic heterocycles. The highest BCUT2D eigenvalue weighted by Gasteiger charge is 2.59. The Balaban J connectivity index is 1.91. The van der Waals surface area contributed by atoms with Crippen LogP contribution in [0.1, 0.15) is 54.4 Å². The zero-order chi connectivity index (χ0) is 17.7. The summed E-state index contributed by atoms with van der Waals surface area (Å²) in [6, 6.07) is 0.440. The minimum Gasteiger partial charge on any atom is -0.378 e. The van der Waals surface area contributed by atoms with Gasteiger partial charge < -0.3 is 20.1 Å². The van der Waals surface area contributed by atoms with Crippen molar-refractivity contribution in [2.24, 2.45) is 22.2 Å². The van der Waals surface area contributed by atoms with Crippen LogP contribution in [0.15, 0.2) is 4.99 Å². The predicted octanol–water partition coefficient (Wildman–Crippen LogP) is 2.81. The second-order valence-corrected chi connectivity index (χ2v) is 7.97. The number of nitrogens with zero attached hydrogens (tertiary/aromatic N) is 1. The predicted molar refractivity (Wildman–Crippen MR) is 99.4 cm³/mol. The van der Waals surface area contributed by atoms with E-state index in [-0.39, 0.29) is 11.5 Å². The Morgan fingerprint density at radius 2 is 2.08 bits per heavy atom. The molecule has 24 heavy (non-hydrogen) atoms. The van der Waals surface area contributed by atoms with Crippen LogP contribution in [-0.4, -0.2) is 50.5 Å². The minimum atomic E-state index is 0.170. The van der Waals surface area contributed by atoms with E-state index in [4.69, 9.17) is 14.5 Å². The second-order valence-electron chi connectivity index (χ2n) is 7.97. The van der Waals surface area contributed by atoms with Gasteiger partial charge in [0.25, 0.3) is 0 Å². The lowest BCUT2D eigenvalue weighted by molar-refractivity contribution is -0.106. The van der Waals surface area contributed by atoms with Gasteiger partial charge >= 0.3 is 0 Å². The molecule has 1 saturated carbocycles. The van der Waals surface area contributed by atoms with Crippen LogP contribution >= 0.6 is 0 Å². The molecule has 0 bridgehead atoms. The van der Waals surface area contributed by atoms with E-state index in [9.17, 15) is 0 Å². The molecule has 0 amide bonds. The van der Waals surface area contributed by atoms with Gasteiger partial charge in [-0.15, -0.1) is 0 Å². The Morgan fingerprint density at radius 1 is 1.33 bits per heavy atom. The highest BCUT2D eigenvalue weighted by atomic mass is 16.5. The Morgan fingerprint density at radius 3 is 2.71 bits per heavy atom. The Labute approximate surface area is 148 Å². The van der Waals surface area contributed by atoms with Gasteiger partial charge in [-0.05, 0) is 32.6 Å². The number of guanidine groups is 1. The molecule has 1 heterocycles. The normalized spacial score (nSPS) is 30.0. The van der Waals surface area contributed by atoms with Crippen molar-refractivity contribution in [3.8, 4) is 0 Å². The van der Waals surface area contributed by atoms with E-state index in [2.05, 4.69) is 52.2 Å². The number of nitrogens with one attached hydrogen (secondary N) is 2. The summed E-state index contributed by atoms with van der Waals surface area (Å²) in [4.78, 5) is 4.79. The molecule has 2 aliphatic rings. The third-order valence-corrected chi connectivity index (χ3v) is 5.54. The smallest absolute Gasteiger partial charge is 0.191 e. The fraction of sp³-hybridized carbons (Fsp3) is 0.947. The van der Waals surface area contributed by atoms with Crippen LogP contribution < -0.4 is 10.6 Å². The molecule has 1 saturated heterocycles. The van der Waals surface area contributed by atoms with E-state index < -0.39 is 0 Å². The maximum absolute atomic E-state index is 5.89. The first kappa shape index (κ1) is 19.5. The zero-order valence-electron chi connectivity index (χ0n) is 16.4. The Kier molecular flexibility index (Phi) is 6.93. The standard InChI is InChI=1S/C19H37N3O2/c1-7-20-18(21-11-9-15(13(3)4)23-8-2)22-16-14-10-12-24-17(14)19(16,5)6/h13-17H,7-12H2,1-6H3,(H2,20,21,22). The Hall–Kier alpha value is -0.810. The molecule has 0 aromatic carbocycles. The fourth-order valence-corrected chi connectivity index (χ4v) is 4.21. The second kappa shape index (κ2) is 8.52. The van der Waals surface area contributed by atoms with Gasteiger partial charge in [0, 0.05) is 43.7 Å². The molecule has 1 aliphatic heterocycles. The van der Waals surface area contributed by atoms with Gasteiger partial charge in [-0.25, -0.2) is 0 Å². The van der Waals surface area contributed by atoms with Crippen LogP contribution in [0, 0.1) is 17.3 Å². The van der Waals surface area contributed by atoms with Crippen molar-refractivity contribution in [3.05, 3.63) is 0 Å². The highest BCUT2D eigenvalue weighted by molar-refractivity contribution is 5.80. The number of hydrogen-bond acceptors (Lipinski definition) is 3. The third kappa shape index (κ3) is 4.23. The van der Waals surface area contributed by atoms with Crippen molar-refractivity contribution >= 4 is 5.96 Å². The monoisotopic (exact) mass is 339 g/mol. The summed E-state index contributed by atoms with van der Waals surface area (Å²) in [7, 11) is 0. The molecule has 2 fully saturated rings. The third-order valence-electron chi connectivity index (χ3n) is 5.54. The number of ether oxygens (including phenoxy) is 2. The van der Waals surface area contributed by atoms with Crippen LogP contribution in [0.4, 0.5) is 0 Å². The van der Waals surface area contributed by atoms with Gasteiger partial charge in [-0.2, -0.15) is 0 Å². The van der Waals surface area contributed by atoms with Crippen LogP contribution in [0.25, 0.3) is 0 Å². The number of fused-ring (bicyclic) bond motifs is 1. The van der Waals surface area contributed by atoms with Crippen molar-refractivity contribution in [2.45, 2.75) is 72.6 Å². The van der Waals surface area contributed by atoms with Crippen molar-refractivity contribution in [1.82, 2.24) is 10.6 Å². The molecule has 4 atom stereocenters. The van der Waals surface area contributed by atoms with Crippen LogP contribution in [-0.2, 0) is 9.47 Å². The fourth-order valence-electron chi connectivity index (χ4n) is 4.21. The summed E-state index contributed by atoms with van der Waals surface area (Å²) in [6.45, 7) is 16.5. The molecule has 5 heteroatoms. The maximum atomic E-state index is 5.89. The lowest BCUT2D eigenvalue weighted by Gasteiger charge is -2.54. The first-order valence-electron chi connectivity index (χ1n) is 9.69. The number of aliphatic imine (C=N–C) groups is 1. The first-order valence-corrected chi connectivity index (χ1v) is 9.69. The molecule has 4 unspecified atom stereocenters. The van der Waals surface area contributed by atoms with Gasteiger partial charge in [0.1, 0.15) is 0 Å². The van der Waals surface area contributed by atoms with Crippen molar-refractivity contribution < 1.29 is 9.47 Å². The first-order chi connectivity index (χ1) is 11.4. The molecule has 140 valence electrons. The molecule has 0 spiro atoms. The average molecular weight is 340 g/mol. The molecule has 2 N–H and O–H groups in total. The van der Waals surface area contributed by atoms with Gasteiger partial charge in [0.15, 0.2) is 5.96 Å². The van der Waals surface area contributed by atoms with E-state index in [1.54, 1.807) is 0 Å². The van der Waals surface area contributed by atoms with E-state index >= 15 is 0 Å². The topological polar surface area (TPSA) is 54.9 Å². The van der Waals surface area contributed by atoms with E-state index in [1.165, 1.54) is 0 Å². The van der Waals surface area contributed by atoms with Gasteiger partial charge in [-0.3, -0.25) is 4.99 Å². The lowest BCUT2D eigenvalue weighted by Crippen LogP contribution is -2.68. The van der Waals surface area contributed by atoms with Crippen LogP contribution in [0.2, 0.25) is 0 Å². The average Bonchev–Trinajstić information content (AvgIpc) is 2.98. The van der Waals surface area contributed by atoms with Gasteiger partial charge in [0.2, 0.25) is 0 Å². The van der Waals surface area contributed by atoms with E-state index in [0.29, 0.717) is 24.0 Å². The SMILES string of the molecule is CCNC(=NCCC(OCC)C(C)C)NC1C2CCOC2C1(C)C.